The minimum absolute atomic E-state index is 0.00462. The van der Waals surface area contributed by atoms with Crippen LogP contribution in [-0.2, 0) is 11.2 Å². The van der Waals surface area contributed by atoms with E-state index in [9.17, 15) is 9.59 Å². The van der Waals surface area contributed by atoms with Crippen molar-refractivity contribution in [1.29, 1.82) is 0 Å². The van der Waals surface area contributed by atoms with Crippen molar-refractivity contribution in [3.63, 3.8) is 0 Å². The lowest BCUT2D eigenvalue weighted by Gasteiger charge is -2.22. The Kier molecular flexibility index (Phi) is 3.70. The van der Waals surface area contributed by atoms with Gasteiger partial charge in [0.05, 0.1) is 12.0 Å². The number of benzene rings is 1. The van der Waals surface area contributed by atoms with E-state index in [2.05, 4.69) is 5.32 Å². The van der Waals surface area contributed by atoms with Gasteiger partial charge in [-0.05, 0) is 42.4 Å². The fourth-order valence-electron chi connectivity index (χ4n) is 3.61. The first-order chi connectivity index (χ1) is 10.1. The highest BCUT2D eigenvalue weighted by Gasteiger charge is 2.54. The fraction of sp³-hybridized carbons (Fsp3) is 0.529. The molecule has 112 valence electrons. The summed E-state index contributed by atoms with van der Waals surface area (Å²) in [5.41, 5.74) is 1.37. The lowest BCUT2D eigenvalue weighted by Crippen LogP contribution is -2.31. The second-order valence-electron chi connectivity index (χ2n) is 6.43. The predicted molar refractivity (Wildman–Crippen MR) is 79.2 cm³/mol. The normalized spacial score (nSPS) is 22.8. The Morgan fingerprint density at radius 2 is 2.00 bits per heavy atom. The van der Waals surface area contributed by atoms with Gasteiger partial charge in [-0.1, -0.05) is 31.4 Å². The highest BCUT2D eigenvalue weighted by molar-refractivity contribution is 5.88. The summed E-state index contributed by atoms with van der Waals surface area (Å²) in [5.74, 6) is -0.953. The number of hydrogen-bond acceptors (Lipinski definition) is 2. The molecule has 1 aromatic carbocycles. The van der Waals surface area contributed by atoms with Crippen LogP contribution in [0.25, 0.3) is 0 Å². The van der Waals surface area contributed by atoms with E-state index < -0.39 is 5.97 Å². The summed E-state index contributed by atoms with van der Waals surface area (Å²) >= 11 is 0. The zero-order valence-electron chi connectivity index (χ0n) is 12.1. The molecule has 2 aliphatic rings. The molecule has 1 aromatic rings. The molecule has 0 saturated heterocycles. The van der Waals surface area contributed by atoms with E-state index >= 15 is 0 Å². The van der Waals surface area contributed by atoms with Crippen LogP contribution in [-0.4, -0.2) is 23.0 Å². The molecule has 4 nitrogen and oxygen atoms in total. The van der Waals surface area contributed by atoms with E-state index in [0.29, 0.717) is 11.5 Å². The third-order valence-corrected chi connectivity index (χ3v) is 4.91. The van der Waals surface area contributed by atoms with Gasteiger partial charge in [0.1, 0.15) is 0 Å². The summed E-state index contributed by atoms with van der Waals surface area (Å²) in [6.07, 6.45) is 7.75. The molecule has 0 bridgehead atoms. The number of amides is 1. The van der Waals surface area contributed by atoms with Gasteiger partial charge < -0.3 is 10.4 Å². The lowest BCUT2D eigenvalue weighted by molar-refractivity contribution is -0.120. The first-order valence-corrected chi connectivity index (χ1v) is 7.71. The Balaban J connectivity index is 1.55. The second-order valence-corrected chi connectivity index (χ2v) is 6.43. The number of rotatable bonds is 4. The second kappa shape index (κ2) is 5.51. The monoisotopic (exact) mass is 287 g/mol. The third kappa shape index (κ3) is 3.09. The summed E-state index contributed by atoms with van der Waals surface area (Å²) in [6.45, 7) is 0. The van der Waals surface area contributed by atoms with Crippen LogP contribution < -0.4 is 5.32 Å². The zero-order valence-corrected chi connectivity index (χ0v) is 12.1. The Morgan fingerprint density at radius 1 is 1.24 bits per heavy atom. The number of carbonyl (C=O) groups is 2. The van der Waals surface area contributed by atoms with Crippen molar-refractivity contribution < 1.29 is 14.7 Å². The molecule has 0 heterocycles. The van der Waals surface area contributed by atoms with E-state index in [0.717, 1.165) is 12.0 Å². The van der Waals surface area contributed by atoms with Crippen molar-refractivity contribution >= 4 is 11.9 Å². The molecule has 0 aromatic heterocycles. The van der Waals surface area contributed by atoms with Gasteiger partial charge in [0.2, 0.25) is 5.91 Å². The molecule has 2 aliphatic carbocycles. The van der Waals surface area contributed by atoms with E-state index in [1.54, 1.807) is 24.3 Å². The standard InChI is InChI=1S/C17H21NO3/c19-15(10-12-5-4-6-13(9-12)16(20)21)18-14-11-17(14)7-2-1-3-8-17/h4-6,9,14H,1-3,7-8,10-11H2,(H,18,19)(H,20,21). The molecule has 3 rings (SSSR count). The van der Waals surface area contributed by atoms with Crippen LogP contribution in [0.3, 0.4) is 0 Å². The van der Waals surface area contributed by atoms with E-state index in [1.165, 1.54) is 32.1 Å². The highest BCUT2D eigenvalue weighted by atomic mass is 16.4. The molecule has 2 fully saturated rings. The molecule has 1 spiro atoms. The third-order valence-electron chi connectivity index (χ3n) is 4.91. The van der Waals surface area contributed by atoms with Gasteiger partial charge in [0, 0.05) is 6.04 Å². The van der Waals surface area contributed by atoms with Crippen LogP contribution in [0.5, 0.6) is 0 Å². The Bertz CT molecular complexity index is 561. The Labute approximate surface area is 124 Å². The summed E-state index contributed by atoms with van der Waals surface area (Å²) in [6, 6.07) is 6.95. The average molecular weight is 287 g/mol. The molecule has 1 amide bonds. The quantitative estimate of drug-likeness (QED) is 0.895. The van der Waals surface area contributed by atoms with Gasteiger partial charge >= 0.3 is 5.97 Å². The van der Waals surface area contributed by atoms with Crippen LogP contribution in [0.2, 0.25) is 0 Å². The maximum absolute atomic E-state index is 12.1. The minimum atomic E-state index is -0.958. The molecular weight excluding hydrogens is 266 g/mol. The Morgan fingerprint density at radius 3 is 2.71 bits per heavy atom. The molecule has 0 radical (unpaired) electrons. The van der Waals surface area contributed by atoms with E-state index in [-0.39, 0.29) is 17.9 Å². The SMILES string of the molecule is O=C(Cc1cccc(C(=O)O)c1)NC1CC12CCCCC2. The number of carboxylic acids is 1. The van der Waals surface area contributed by atoms with E-state index in [4.69, 9.17) is 5.11 Å². The molecule has 1 atom stereocenters. The summed E-state index contributed by atoms with van der Waals surface area (Å²) in [4.78, 5) is 23.0. The van der Waals surface area contributed by atoms with Gasteiger partial charge in [0.15, 0.2) is 0 Å². The van der Waals surface area contributed by atoms with Gasteiger partial charge in [-0.3, -0.25) is 4.79 Å². The first-order valence-electron chi connectivity index (χ1n) is 7.71. The van der Waals surface area contributed by atoms with Gasteiger partial charge in [-0.25, -0.2) is 4.79 Å². The van der Waals surface area contributed by atoms with Gasteiger partial charge in [-0.15, -0.1) is 0 Å². The summed E-state index contributed by atoms with van der Waals surface area (Å²) < 4.78 is 0. The number of aromatic carboxylic acids is 1. The van der Waals surface area contributed by atoms with Crippen LogP contribution >= 0.6 is 0 Å². The fourth-order valence-corrected chi connectivity index (χ4v) is 3.61. The molecular formula is C17H21NO3. The predicted octanol–water partition coefficient (Wildman–Crippen LogP) is 2.77. The average Bonchev–Trinajstić information content (AvgIpc) is 3.10. The molecule has 4 heteroatoms. The van der Waals surface area contributed by atoms with Crippen LogP contribution in [0, 0.1) is 5.41 Å². The van der Waals surface area contributed by atoms with Crippen LogP contribution in [0.15, 0.2) is 24.3 Å². The topological polar surface area (TPSA) is 66.4 Å². The van der Waals surface area contributed by atoms with Crippen molar-refractivity contribution in [2.45, 2.75) is 51.0 Å². The number of hydrogen-bond donors (Lipinski definition) is 2. The van der Waals surface area contributed by atoms with Gasteiger partial charge in [-0.2, -0.15) is 0 Å². The van der Waals surface area contributed by atoms with Crippen molar-refractivity contribution in [2.75, 3.05) is 0 Å². The van der Waals surface area contributed by atoms with E-state index in [1.807, 2.05) is 0 Å². The zero-order chi connectivity index (χ0) is 14.9. The van der Waals surface area contributed by atoms with Crippen molar-refractivity contribution in [2.24, 2.45) is 5.41 Å². The maximum Gasteiger partial charge on any atom is 0.335 e. The molecule has 21 heavy (non-hydrogen) atoms. The van der Waals surface area contributed by atoms with Crippen LogP contribution in [0.1, 0.15) is 54.4 Å². The number of nitrogens with one attached hydrogen (secondary N) is 1. The molecule has 1 unspecified atom stereocenters. The minimum Gasteiger partial charge on any atom is -0.478 e. The summed E-state index contributed by atoms with van der Waals surface area (Å²) in [5, 5.41) is 12.1. The molecule has 2 N–H and O–H groups in total. The van der Waals surface area contributed by atoms with Gasteiger partial charge in [0.25, 0.3) is 0 Å². The van der Waals surface area contributed by atoms with Crippen molar-refractivity contribution in [1.82, 2.24) is 5.32 Å². The van der Waals surface area contributed by atoms with Crippen LogP contribution in [0.4, 0.5) is 0 Å². The largest absolute Gasteiger partial charge is 0.478 e. The highest BCUT2D eigenvalue weighted by Crippen LogP contribution is 2.56. The number of carboxylic acid groups (broad SMARTS) is 1. The van der Waals surface area contributed by atoms with Crippen molar-refractivity contribution in [3.8, 4) is 0 Å². The lowest BCUT2D eigenvalue weighted by atomic mass is 9.86. The maximum atomic E-state index is 12.1. The smallest absolute Gasteiger partial charge is 0.335 e. The molecule has 2 saturated carbocycles. The molecule has 0 aliphatic heterocycles. The first kappa shape index (κ1) is 14.1. The summed E-state index contributed by atoms with van der Waals surface area (Å²) in [7, 11) is 0. The number of carbonyl (C=O) groups excluding carboxylic acids is 1. The van der Waals surface area contributed by atoms with Crippen molar-refractivity contribution in [3.05, 3.63) is 35.4 Å². The Hall–Kier alpha value is -1.84.